The van der Waals surface area contributed by atoms with Crippen LogP contribution < -0.4 is 15.4 Å². The molecule has 0 saturated heterocycles. The zero-order valence-corrected chi connectivity index (χ0v) is 13.7. The molecule has 2 N–H and O–H groups in total. The van der Waals surface area contributed by atoms with Gasteiger partial charge in [0.2, 0.25) is 0 Å². The molecule has 1 aromatic heterocycles. The molecule has 0 fully saturated rings. The first-order valence-corrected chi connectivity index (χ1v) is 7.87. The summed E-state index contributed by atoms with van der Waals surface area (Å²) in [5.74, 6) is -0.853. The van der Waals surface area contributed by atoms with E-state index in [9.17, 15) is 14.4 Å². The number of carbonyl (C=O) groups excluding carboxylic acids is 3. The number of esters is 1. The number of methoxy groups -OCH3 is 1. The summed E-state index contributed by atoms with van der Waals surface area (Å²) in [5, 5.41) is 6.76. The van der Waals surface area contributed by atoms with E-state index >= 15 is 0 Å². The highest BCUT2D eigenvalue weighted by Gasteiger charge is 2.11. The van der Waals surface area contributed by atoms with E-state index in [1.807, 2.05) is 0 Å². The van der Waals surface area contributed by atoms with E-state index in [1.54, 1.807) is 48.9 Å². The molecule has 2 rings (SSSR count). The van der Waals surface area contributed by atoms with Crippen molar-refractivity contribution >= 4 is 34.8 Å². The van der Waals surface area contributed by atoms with Crippen LogP contribution in [-0.2, 0) is 14.3 Å². The van der Waals surface area contributed by atoms with Crippen molar-refractivity contribution in [1.29, 1.82) is 0 Å². The van der Waals surface area contributed by atoms with Crippen LogP contribution in [0, 0.1) is 0 Å². The lowest BCUT2D eigenvalue weighted by molar-refractivity contribution is -0.146. The van der Waals surface area contributed by atoms with E-state index in [0.717, 1.165) is 0 Å². The number of nitrogens with one attached hydrogen (secondary N) is 2. The van der Waals surface area contributed by atoms with Crippen molar-refractivity contribution < 1.29 is 23.9 Å². The summed E-state index contributed by atoms with van der Waals surface area (Å²) < 4.78 is 9.81. The normalized spacial score (nSPS) is 9.88. The summed E-state index contributed by atoms with van der Waals surface area (Å²) >= 11 is 1.27. The van der Waals surface area contributed by atoms with Crippen molar-refractivity contribution in [2.24, 2.45) is 0 Å². The fourth-order valence-electron chi connectivity index (χ4n) is 1.72. The molecule has 2 amide bonds. The molecular formula is C16H16N2O5S. The van der Waals surface area contributed by atoms with Crippen molar-refractivity contribution in [1.82, 2.24) is 5.32 Å². The smallest absolute Gasteiger partial charge is 0.325 e. The minimum Gasteiger partial charge on any atom is -0.497 e. The number of ether oxygens (including phenoxy) is 2. The van der Waals surface area contributed by atoms with E-state index in [4.69, 9.17) is 9.47 Å². The molecule has 0 unspecified atom stereocenters. The Kier molecular flexibility index (Phi) is 6.32. The number of thiophene rings is 1. The number of benzene rings is 1. The second-order valence-corrected chi connectivity index (χ2v) is 5.55. The van der Waals surface area contributed by atoms with Crippen molar-refractivity contribution in [3.8, 4) is 5.75 Å². The fourth-order valence-corrected chi connectivity index (χ4v) is 2.36. The average molecular weight is 348 g/mol. The lowest BCUT2D eigenvalue weighted by atomic mass is 10.3. The van der Waals surface area contributed by atoms with Crippen LogP contribution in [0.25, 0.3) is 0 Å². The van der Waals surface area contributed by atoms with Crippen LogP contribution >= 0.6 is 11.3 Å². The first-order chi connectivity index (χ1) is 11.6. The summed E-state index contributed by atoms with van der Waals surface area (Å²) in [7, 11) is 1.55. The highest BCUT2D eigenvalue weighted by molar-refractivity contribution is 7.12. The predicted molar refractivity (Wildman–Crippen MR) is 89.2 cm³/mol. The second-order valence-electron chi connectivity index (χ2n) is 4.60. The minimum atomic E-state index is -0.690. The maximum Gasteiger partial charge on any atom is 0.325 e. The molecule has 0 atom stereocenters. The van der Waals surface area contributed by atoms with Crippen molar-refractivity contribution in [2.45, 2.75) is 0 Å². The summed E-state index contributed by atoms with van der Waals surface area (Å²) in [6.45, 7) is -0.730. The molecule has 7 nitrogen and oxygen atoms in total. The predicted octanol–water partition coefficient (Wildman–Crippen LogP) is 1.67. The van der Waals surface area contributed by atoms with E-state index in [-0.39, 0.29) is 12.5 Å². The summed E-state index contributed by atoms with van der Waals surface area (Å²) in [6.07, 6.45) is 0. The Morgan fingerprint density at radius 3 is 2.50 bits per heavy atom. The van der Waals surface area contributed by atoms with Gasteiger partial charge in [-0.25, -0.2) is 0 Å². The first kappa shape index (κ1) is 17.5. The van der Waals surface area contributed by atoms with Crippen LogP contribution in [0.3, 0.4) is 0 Å². The Morgan fingerprint density at radius 2 is 1.88 bits per heavy atom. The van der Waals surface area contributed by atoms with Crippen LogP contribution in [-0.4, -0.2) is 38.0 Å². The molecule has 8 heteroatoms. The highest BCUT2D eigenvalue weighted by Crippen LogP contribution is 2.14. The lowest BCUT2D eigenvalue weighted by Crippen LogP contribution is -2.31. The SMILES string of the molecule is COc1ccc(NC(=O)COC(=O)CNC(=O)c2cccs2)cc1. The zero-order valence-electron chi connectivity index (χ0n) is 12.9. The molecule has 0 saturated carbocycles. The van der Waals surface area contributed by atoms with Gasteiger partial charge in [0.15, 0.2) is 6.61 Å². The molecule has 1 aromatic carbocycles. The third-order valence-corrected chi connectivity index (χ3v) is 3.74. The third kappa shape index (κ3) is 5.40. The highest BCUT2D eigenvalue weighted by atomic mass is 32.1. The van der Waals surface area contributed by atoms with Crippen molar-refractivity contribution in [3.63, 3.8) is 0 Å². The number of anilines is 1. The first-order valence-electron chi connectivity index (χ1n) is 6.99. The molecule has 1 heterocycles. The van der Waals surface area contributed by atoms with Gasteiger partial charge in [-0.1, -0.05) is 6.07 Å². The molecule has 2 aromatic rings. The number of carbonyl (C=O) groups is 3. The Balaban J connectivity index is 1.68. The quantitative estimate of drug-likeness (QED) is 0.743. The Hall–Kier alpha value is -2.87. The summed E-state index contributed by atoms with van der Waals surface area (Å²) in [4.78, 5) is 35.4. The fraction of sp³-hybridized carbons (Fsp3) is 0.188. The summed E-state index contributed by atoms with van der Waals surface area (Å²) in [6, 6.07) is 10.1. The maximum absolute atomic E-state index is 11.7. The number of amides is 2. The summed E-state index contributed by atoms with van der Waals surface area (Å²) in [5.41, 5.74) is 0.558. The monoisotopic (exact) mass is 348 g/mol. The molecule has 126 valence electrons. The van der Waals surface area contributed by atoms with Crippen LogP contribution in [0.1, 0.15) is 9.67 Å². The molecule has 0 aliphatic carbocycles. The van der Waals surface area contributed by atoms with Gasteiger partial charge in [-0.2, -0.15) is 0 Å². The number of hydrogen-bond acceptors (Lipinski definition) is 6. The van der Waals surface area contributed by atoms with E-state index in [1.165, 1.54) is 11.3 Å². The van der Waals surface area contributed by atoms with Gasteiger partial charge >= 0.3 is 5.97 Å². The number of hydrogen-bond donors (Lipinski definition) is 2. The topological polar surface area (TPSA) is 93.7 Å². The molecule has 0 spiro atoms. The van der Waals surface area contributed by atoms with Crippen LogP contribution in [0.15, 0.2) is 41.8 Å². The van der Waals surface area contributed by atoms with Gasteiger partial charge in [-0.05, 0) is 35.7 Å². The van der Waals surface area contributed by atoms with Gasteiger partial charge in [0.1, 0.15) is 12.3 Å². The van der Waals surface area contributed by atoms with Gasteiger partial charge in [-0.15, -0.1) is 11.3 Å². The maximum atomic E-state index is 11.7. The average Bonchev–Trinajstić information content (AvgIpc) is 3.13. The van der Waals surface area contributed by atoms with Gasteiger partial charge < -0.3 is 20.1 Å². The van der Waals surface area contributed by atoms with Gasteiger partial charge in [0.25, 0.3) is 11.8 Å². The van der Waals surface area contributed by atoms with Gasteiger partial charge in [-0.3, -0.25) is 14.4 Å². The Bertz CT molecular complexity index is 698. The van der Waals surface area contributed by atoms with E-state index in [0.29, 0.717) is 16.3 Å². The van der Waals surface area contributed by atoms with E-state index in [2.05, 4.69) is 10.6 Å². The Morgan fingerprint density at radius 1 is 1.12 bits per heavy atom. The Labute approximate surface area is 142 Å². The van der Waals surface area contributed by atoms with Crippen molar-refractivity contribution in [3.05, 3.63) is 46.7 Å². The largest absolute Gasteiger partial charge is 0.497 e. The van der Waals surface area contributed by atoms with Crippen LogP contribution in [0.5, 0.6) is 5.75 Å². The molecule has 0 aliphatic heterocycles. The molecule has 24 heavy (non-hydrogen) atoms. The molecule has 0 aliphatic rings. The van der Waals surface area contributed by atoms with Crippen LogP contribution in [0.2, 0.25) is 0 Å². The minimum absolute atomic E-state index is 0.299. The third-order valence-electron chi connectivity index (χ3n) is 2.88. The van der Waals surface area contributed by atoms with E-state index < -0.39 is 18.5 Å². The standard InChI is InChI=1S/C16H16N2O5S/c1-22-12-6-4-11(5-7-12)18-14(19)10-23-15(20)9-17-16(21)13-3-2-8-24-13/h2-8H,9-10H2,1H3,(H,17,21)(H,18,19). The second kappa shape index (κ2) is 8.68. The molecule has 0 bridgehead atoms. The van der Waals surface area contributed by atoms with Gasteiger partial charge in [0, 0.05) is 5.69 Å². The number of rotatable bonds is 7. The van der Waals surface area contributed by atoms with Crippen LogP contribution in [0.4, 0.5) is 5.69 Å². The van der Waals surface area contributed by atoms with Crippen molar-refractivity contribution in [2.75, 3.05) is 25.6 Å². The molecule has 0 radical (unpaired) electrons. The zero-order chi connectivity index (χ0) is 17.4. The van der Waals surface area contributed by atoms with Gasteiger partial charge in [0.05, 0.1) is 12.0 Å². The lowest BCUT2D eigenvalue weighted by Gasteiger charge is -2.08. The molecular weight excluding hydrogens is 332 g/mol.